The topological polar surface area (TPSA) is 29.1 Å². The Kier molecular flexibility index (Phi) is 7.15. The molecule has 1 heterocycles. The second-order valence-electron chi connectivity index (χ2n) is 6.44. The molecule has 0 saturated carbocycles. The Balaban J connectivity index is 0.00000320. The Labute approximate surface area is 174 Å². The van der Waals surface area contributed by atoms with Crippen LogP contribution < -0.4 is 5.32 Å². The van der Waals surface area contributed by atoms with Crippen molar-refractivity contribution >= 4 is 30.3 Å². The molecule has 2 aromatic rings. The third kappa shape index (κ3) is 5.31. The lowest BCUT2D eigenvalue weighted by atomic mass is 9.93. The van der Waals surface area contributed by atoms with Crippen molar-refractivity contribution in [3.05, 3.63) is 81.9 Å². The van der Waals surface area contributed by atoms with Crippen LogP contribution in [0.25, 0.3) is 12.2 Å². The van der Waals surface area contributed by atoms with Crippen molar-refractivity contribution in [2.75, 3.05) is 13.1 Å². The summed E-state index contributed by atoms with van der Waals surface area (Å²) in [6.45, 7) is 0.0343. The number of benzene rings is 2. The molecule has 1 saturated heterocycles. The summed E-state index contributed by atoms with van der Waals surface area (Å²) in [7, 11) is 0. The smallest absolute Gasteiger partial charge is 0.308 e. The van der Waals surface area contributed by atoms with Crippen LogP contribution in [0.2, 0.25) is 0 Å². The Morgan fingerprint density at radius 2 is 1.07 bits per heavy atom. The highest BCUT2D eigenvalue weighted by Gasteiger charge is 2.34. The van der Waals surface area contributed by atoms with Crippen LogP contribution in [-0.2, 0) is 17.1 Å². The summed E-state index contributed by atoms with van der Waals surface area (Å²) in [5.41, 5.74) is -2.05. The molecule has 2 aromatic carbocycles. The maximum absolute atomic E-state index is 13.2. The van der Waals surface area contributed by atoms with E-state index in [1.807, 2.05) is 0 Å². The SMILES string of the molecule is Cl.O=C1C(=Cc2ccccc2C(F)(F)F)CNCC1=Cc1ccccc1C(F)(F)F. The van der Waals surface area contributed by atoms with Crippen LogP contribution in [0, 0.1) is 0 Å². The number of carbonyl (C=O) groups is 1. The van der Waals surface area contributed by atoms with E-state index >= 15 is 0 Å². The van der Waals surface area contributed by atoms with Gasteiger partial charge in [0, 0.05) is 24.2 Å². The molecule has 0 radical (unpaired) electrons. The predicted octanol–water partition coefficient (Wildman–Crippen LogP) is 5.79. The number of carbonyl (C=O) groups excluding carboxylic acids is 1. The Hall–Kier alpha value is -2.58. The minimum Gasteiger partial charge on any atom is -0.308 e. The van der Waals surface area contributed by atoms with Gasteiger partial charge in [0.1, 0.15) is 0 Å². The van der Waals surface area contributed by atoms with Gasteiger partial charge in [-0.3, -0.25) is 4.79 Å². The number of ketones is 1. The normalized spacial score (nSPS) is 17.9. The zero-order chi connectivity index (χ0) is 21.2. The first-order valence-electron chi connectivity index (χ1n) is 8.56. The Morgan fingerprint density at radius 1 is 0.700 bits per heavy atom. The van der Waals surface area contributed by atoms with Gasteiger partial charge in [-0.25, -0.2) is 0 Å². The minimum absolute atomic E-state index is 0. The molecule has 1 aliphatic rings. The molecule has 30 heavy (non-hydrogen) atoms. The van der Waals surface area contributed by atoms with Gasteiger partial charge in [0.15, 0.2) is 5.78 Å². The second-order valence-corrected chi connectivity index (χ2v) is 6.44. The number of hydrogen-bond acceptors (Lipinski definition) is 2. The third-order valence-corrected chi connectivity index (χ3v) is 4.41. The van der Waals surface area contributed by atoms with Gasteiger partial charge in [0.2, 0.25) is 0 Å². The molecule has 0 unspecified atom stereocenters. The average molecular weight is 448 g/mol. The Morgan fingerprint density at radius 3 is 1.43 bits per heavy atom. The van der Waals surface area contributed by atoms with Crippen molar-refractivity contribution in [3.8, 4) is 0 Å². The van der Waals surface area contributed by atoms with E-state index in [1.54, 1.807) is 0 Å². The average Bonchev–Trinajstić information content (AvgIpc) is 2.64. The molecule has 160 valence electrons. The first kappa shape index (κ1) is 23.7. The molecule has 1 fully saturated rings. The zero-order valence-corrected chi connectivity index (χ0v) is 16.1. The van der Waals surface area contributed by atoms with Crippen molar-refractivity contribution in [3.63, 3.8) is 0 Å². The molecular formula is C21H16ClF6NO. The van der Waals surface area contributed by atoms with E-state index in [0.29, 0.717) is 0 Å². The predicted molar refractivity (Wildman–Crippen MR) is 104 cm³/mol. The van der Waals surface area contributed by atoms with Crippen LogP contribution in [-0.4, -0.2) is 18.9 Å². The van der Waals surface area contributed by atoms with E-state index in [9.17, 15) is 31.1 Å². The number of rotatable bonds is 2. The molecule has 9 heteroatoms. The van der Waals surface area contributed by atoms with Gasteiger partial charge in [0.05, 0.1) is 11.1 Å². The minimum atomic E-state index is -4.59. The van der Waals surface area contributed by atoms with Gasteiger partial charge in [-0.2, -0.15) is 26.3 Å². The second kappa shape index (κ2) is 9.06. The summed E-state index contributed by atoms with van der Waals surface area (Å²) in [5.74, 6) is -0.585. The summed E-state index contributed by atoms with van der Waals surface area (Å²) < 4.78 is 79.0. The van der Waals surface area contributed by atoms with E-state index in [2.05, 4.69) is 5.32 Å². The standard InChI is InChI=1S/C21H15F6NO.ClH/c22-20(23,24)17-7-3-1-5-13(17)9-15-11-28-12-16(19(15)29)10-14-6-2-4-8-18(14)21(25,26)27;/h1-10,28H,11-12H2;1H. The van der Waals surface area contributed by atoms with E-state index in [0.717, 1.165) is 24.3 Å². The maximum Gasteiger partial charge on any atom is 0.416 e. The number of nitrogens with one attached hydrogen (secondary N) is 1. The quantitative estimate of drug-likeness (QED) is 0.466. The highest BCUT2D eigenvalue weighted by molar-refractivity contribution is 6.14. The van der Waals surface area contributed by atoms with Gasteiger partial charge < -0.3 is 5.32 Å². The molecule has 1 N–H and O–H groups in total. The monoisotopic (exact) mass is 447 g/mol. The lowest BCUT2D eigenvalue weighted by molar-refractivity contribution is -0.138. The van der Waals surface area contributed by atoms with Gasteiger partial charge >= 0.3 is 12.4 Å². The highest BCUT2D eigenvalue weighted by Crippen LogP contribution is 2.34. The fourth-order valence-corrected chi connectivity index (χ4v) is 3.07. The number of piperidine rings is 1. The van der Waals surface area contributed by atoms with Crippen LogP contribution in [0.5, 0.6) is 0 Å². The zero-order valence-electron chi connectivity index (χ0n) is 15.3. The third-order valence-electron chi connectivity index (χ3n) is 4.41. The first-order valence-corrected chi connectivity index (χ1v) is 8.56. The lowest BCUT2D eigenvalue weighted by Crippen LogP contribution is -2.33. The van der Waals surface area contributed by atoms with Crippen molar-refractivity contribution in [1.29, 1.82) is 0 Å². The summed E-state index contributed by atoms with van der Waals surface area (Å²) in [6, 6.07) is 9.60. The van der Waals surface area contributed by atoms with Gasteiger partial charge in [-0.1, -0.05) is 36.4 Å². The van der Waals surface area contributed by atoms with E-state index in [4.69, 9.17) is 0 Å². The van der Waals surface area contributed by atoms with Crippen LogP contribution in [0.15, 0.2) is 59.7 Å². The van der Waals surface area contributed by atoms with E-state index in [1.165, 1.54) is 36.4 Å². The molecule has 0 bridgehead atoms. The largest absolute Gasteiger partial charge is 0.416 e. The Bertz CT molecular complexity index is 914. The highest BCUT2D eigenvalue weighted by atomic mass is 35.5. The molecule has 0 amide bonds. The van der Waals surface area contributed by atoms with Crippen LogP contribution in [0.3, 0.4) is 0 Å². The summed E-state index contributed by atoms with van der Waals surface area (Å²) in [6.07, 6.45) is -6.94. The molecule has 0 aromatic heterocycles. The first-order chi connectivity index (χ1) is 13.6. The lowest BCUT2D eigenvalue weighted by Gasteiger charge is -2.19. The molecule has 0 aliphatic carbocycles. The van der Waals surface area contributed by atoms with Gasteiger partial charge in [-0.05, 0) is 35.4 Å². The molecule has 0 spiro atoms. The van der Waals surface area contributed by atoms with Crippen LogP contribution in [0.4, 0.5) is 26.3 Å². The molecule has 3 rings (SSSR count). The fraction of sp³-hybridized carbons (Fsp3) is 0.190. The van der Waals surface area contributed by atoms with E-state index < -0.39 is 29.3 Å². The summed E-state index contributed by atoms with van der Waals surface area (Å²) in [4.78, 5) is 12.7. The molecule has 0 atom stereocenters. The van der Waals surface area contributed by atoms with Crippen molar-refractivity contribution in [2.24, 2.45) is 0 Å². The number of alkyl halides is 6. The molecule has 2 nitrogen and oxygen atoms in total. The van der Waals surface area contributed by atoms with Crippen molar-refractivity contribution in [1.82, 2.24) is 5.32 Å². The van der Waals surface area contributed by atoms with Crippen LogP contribution in [0.1, 0.15) is 22.3 Å². The number of halogens is 7. The van der Waals surface area contributed by atoms with Gasteiger partial charge in [0.25, 0.3) is 0 Å². The van der Waals surface area contributed by atoms with Crippen molar-refractivity contribution in [2.45, 2.75) is 12.4 Å². The maximum atomic E-state index is 13.2. The molecular weight excluding hydrogens is 432 g/mol. The fourth-order valence-electron chi connectivity index (χ4n) is 3.07. The van der Waals surface area contributed by atoms with Crippen LogP contribution >= 0.6 is 12.4 Å². The van der Waals surface area contributed by atoms with Gasteiger partial charge in [-0.15, -0.1) is 12.4 Å². The number of Topliss-reactive ketones (excluding diaryl/α,β-unsaturated/α-hetero) is 1. The number of hydrogen-bond donors (Lipinski definition) is 1. The summed E-state index contributed by atoms with van der Waals surface area (Å²) >= 11 is 0. The molecule has 1 aliphatic heterocycles. The van der Waals surface area contributed by atoms with E-state index in [-0.39, 0.29) is 47.8 Å². The van der Waals surface area contributed by atoms with Crippen molar-refractivity contribution < 1.29 is 31.1 Å². The summed E-state index contributed by atoms with van der Waals surface area (Å²) in [5, 5.41) is 2.85.